The van der Waals surface area contributed by atoms with E-state index >= 15 is 0 Å². The summed E-state index contributed by atoms with van der Waals surface area (Å²) in [6, 6.07) is 37.6. The number of fused-ring (bicyclic) bond motifs is 1. The van der Waals surface area contributed by atoms with E-state index in [1.165, 1.54) is 28.0 Å². The Balaban J connectivity index is 1.21. The topological polar surface area (TPSA) is 50.7 Å². The molecule has 1 aliphatic heterocycles. The number of aromatic nitrogens is 3. The first-order chi connectivity index (χ1) is 20.2. The number of dihydropyridines is 1. The Morgan fingerprint density at radius 3 is 1.51 bits per heavy atom. The summed E-state index contributed by atoms with van der Waals surface area (Å²) < 4.78 is 0. The highest BCUT2D eigenvalue weighted by Gasteiger charge is 2.20. The summed E-state index contributed by atoms with van der Waals surface area (Å²) in [7, 11) is 0. The van der Waals surface area contributed by atoms with Gasteiger partial charge in [0.05, 0.1) is 6.04 Å². The van der Waals surface area contributed by atoms with Crippen LogP contribution in [0.3, 0.4) is 0 Å². The zero-order valence-corrected chi connectivity index (χ0v) is 22.7. The maximum atomic E-state index is 4.86. The Morgan fingerprint density at radius 2 is 0.976 bits per heavy atom. The molecule has 1 N–H and O–H groups in total. The smallest absolute Gasteiger partial charge is 0.164 e. The van der Waals surface area contributed by atoms with Crippen LogP contribution in [-0.4, -0.2) is 21.0 Å². The second kappa shape index (κ2) is 10.7. The van der Waals surface area contributed by atoms with E-state index in [0.717, 1.165) is 22.3 Å². The highest BCUT2D eigenvalue weighted by molar-refractivity contribution is 5.83. The number of hydrogen-bond acceptors (Lipinski definition) is 4. The molecular weight excluding hydrogens is 500 g/mol. The Morgan fingerprint density at radius 1 is 0.512 bits per heavy atom. The van der Waals surface area contributed by atoms with E-state index in [0.29, 0.717) is 17.5 Å². The van der Waals surface area contributed by atoms with E-state index in [4.69, 9.17) is 15.0 Å². The minimum Gasteiger partial charge on any atom is -0.378 e. The van der Waals surface area contributed by atoms with Gasteiger partial charge in [-0.15, -0.1) is 0 Å². The van der Waals surface area contributed by atoms with Crippen LogP contribution in [0, 0.1) is 0 Å². The Labute approximate surface area is 240 Å². The van der Waals surface area contributed by atoms with Gasteiger partial charge in [-0.1, -0.05) is 133 Å². The molecule has 196 valence electrons. The maximum absolute atomic E-state index is 4.86. The van der Waals surface area contributed by atoms with Crippen LogP contribution in [0.1, 0.15) is 12.5 Å². The largest absolute Gasteiger partial charge is 0.378 e. The van der Waals surface area contributed by atoms with Crippen molar-refractivity contribution in [3.8, 4) is 45.3 Å². The molecule has 41 heavy (non-hydrogen) atoms. The van der Waals surface area contributed by atoms with Crippen LogP contribution in [0.15, 0.2) is 151 Å². The zero-order valence-electron chi connectivity index (χ0n) is 22.7. The molecule has 7 rings (SSSR count). The lowest BCUT2D eigenvalue weighted by Gasteiger charge is -2.27. The lowest BCUT2D eigenvalue weighted by atomic mass is 9.88. The summed E-state index contributed by atoms with van der Waals surface area (Å²) in [5.41, 5.74) is 10.2. The van der Waals surface area contributed by atoms with Crippen molar-refractivity contribution < 1.29 is 0 Å². The summed E-state index contributed by atoms with van der Waals surface area (Å²) in [5.74, 6) is 1.99. The van der Waals surface area contributed by atoms with Crippen LogP contribution in [0.4, 0.5) is 0 Å². The van der Waals surface area contributed by atoms with Crippen molar-refractivity contribution in [2.24, 2.45) is 0 Å². The fraction of sp³-hybridized carbons (Fsp3) is 0.0541. The van der Waals surface area contributed by atoms with E-state index in [1.807, 2.05) is 60.7 Å². The van der Waals surface area contributed by atoms with Crippen LogP contribution in [0.5, 0.6) is 0 Å². The van der Waals surface area contributed by atoms with Crippen molar-refractivity contribution in [2.75, 3.05) is 0 Å². The van der Waals surface area contributed by atoms with E-state index in [-0.39, 0.29) is 6.04 Å². The van der Waals surface area contributed by atoms with Crippen LogP contribution >= 0.6 is 0 Å². The molecule has 0 spiro atoms. The standard InChI is InChI=1S/C37H28N4/c1-25-24-33(32-14-8-9-15-34(32)38-25)28-20-16-26(17-21-28)27-18-22-31(23-19-27)37-40-35(29-10-4-2-5-11-29)39-36(41-37)30-12-6-3-7-13-30/h2-24,34,38H,1H3. The first-order valence-corrected chi connectivity index (χ1v) is 13.8. The number of rotatable bonds is 5. The van der Waals surface area contributed by atoms with E-state index in [9.17, 15) is 0 Å². The van der Waals surface area contributed by atoms with Crippen LogP contribution in [0.2, 0.25) is 0 Å². The third-order valence-corrected chi connectivity index (χ3v) is 7.45. The van der Waals surface area contributed by atoms with Gasteiger partial charge in [-0.2, -0.15) is 0 Å². The van der Waals surface area contributed by atoms with Gasteiger partial charge < -0.3 is 5.32 Å². The van der Waals surface area contributed by atoms with Gasteiger partial charge in [0.2, 0.25) is 0 Å². The molecule has 0 saturated carbocycles. The Kier molecular flexibility index (Phi) is 6.42. The summed E-state index contributed by atoms with van der Waals surface area (Å²) in [4.78, 5) is 14.5. The number of hydrogen-bond donors (Lipinski definition) is 1. The molecule has 1 aliphatic carbocycles. The predicted molar refractivity (Wildman–Crippen MR) is 167 cm³/mol. The molecule has 4 aromatic carbocycles. The van der Waals surface area contributed by atoms with Gasteiger partial charge in [0.1, 0.15) is 0 Å². The van der Waals surface area contributed by atoms with Crippen molar-refractivity contribution in [1.82, 2.24) is 20.3 Å². The van der Waals surface area contributed by atoms with Crippen molar-refractivity contribution in [2.45, 2.75) is 13.0 Å². The van der Waals surface area contributed by atoms with Gasteiger partial charge in [0.25, 0.3) is 0 Å². The van der Waals surface area contributed by atoms with Gasteiger partial charge in [0, 0.05) is 22.4 Å². The molecule has 0 radical (unpaired) electrons. The van der Waals surface area contributed by atoms with Gasteiger partial charge >= 0.3 is 0 Å². The van der Waals surface area contributed by atoms with Crippen molar-refractivity contribution in [3.05, 3.63) is 156 Å². The van der Waals surface area contributed by atoms with Gasteiger partial charge in [-0.05, 0) is 40.8 Å². The Hall–Kier alpha value is -5.35. The SMILES string of the molecule is CC1=CC(c2ccc(-c3ccc(-c4nc(-c5ccccc5)nc(-c5ccccc5)n4)cc3)cc2)=C2C=CC=CC2N1. The second-order valence-corrected chi connectivity index (χ2v) is 10.3. The van der Waals surface area contributed by atoms with Crippen molar-refractivity contribution in [3.63, 3.8) is 0 Å². The minimum atomic E-state index is 0.229. The normalized spacial score (nSPS) is 15.7. The molecule has 1 unspecified atom stereocenters. The monoisotopic (exact) mass is 528 g/mol. The van der Waals surface area contributed by atoms with Crippen LogP contribution in [-0.2, 0) is 0 Å². The van der Waals surface area contributed by atoms with E-state index < -0.39 is 0 Å². The first-order valence-electron chi connectivity index (χ1n) is 13.8. The lowest BCUT2D eigenvalue weighted by molar-refractivity contribution is 0.751. The molecule has 0 amide bonds. The summed E-state index contributed by atoms with van der Waals surface area (Å²) in [6.45, 7) is 2.12. The molecular formula is C37H28N4. The highest BCUT2D eigenvalue weighted by atomic mass is 15.0. The lowest BCUT2D eigenvalue weighted by Crippen LogP contribution is -2.31. The quantitative estimate of drug-likeness (QED) is 0.249. The van der Waals surface area contributed by atoms with E-state index in [2.05, 4.69) is 91.2 Å². The third kappa shape index (κ3) is 5.04. The highest BCUT2D eigenvalue weighted by Crippen LogP contribution is 2.32. The third-order valence-electron chi connectivity index (χ3n) is 7.45. The van der Waals surface area contributed by atoms with Gasteiger partial charge in [-0.25, -0.2) is 15.0 Å². The number of nitrogens with one attached hydrogen (secondary N) is 1. The number of nitrogens with zero attached hydrogens (tertiary/aromatic N) is 3. The average Bonchev–Trinajstić information content (AvgIpc) is 3.05. The van der Waals surface area contributed by atoms with Crippen LogP contribution in [0.25, 0.3) is 50.9 Å². The zero-order chi connectivity index (χ0) is 27.6. The summed E-state index contributed by atoms with van der Waals surface area (Å²) >= 11 is 0. The fourth-order valence-corrected chi connectivity index (χ4v) is 5.35. The Bertz CT molecular complexity index is 1770. The fourth-order valence-electron chi connectivity index (χ4n) is 5.35. The first kappa shape index (κ1) is 24.7. The molecule has 1 aromatic heterocycles. The molecule has 2 aliphatic rings. The summed E-state index contributed by atoms with van der Waals surface area (Å²) in [6.07, 6.45) is 10.9. The number of allylic oxidation sites excluding steroid dienone is 5. The molecule has 4 heteroatoms. The van der Waals surface area contributed by atoms with Crippen molar-refractivity contribution >= 4 is 5.57 Å². The molecule has 0 bridgehead atoms. The molecule has 5 aromatic rings. The second-order valence-electron chi connectivity index (χ2n) is 10.3. The van der Waals surface area contributed by atoms with Crippen LogP contribution < -0.4 is 5.32 Å². The maximum Gasteiger partial charge on any atom is 0.164 e. The van der Waals surface area contributed by atoms with Gasteiger partial charge in [0.15, 0.2) is 17.5 Å². The van der Waals surface area contributed by atoms with E-state index in [1.54, 1.807) is 0 Å². The molecule has 0 fully saturated rings. The molecule has 1 atom stereocenters. The average molecular weight is 529 g/mol. The summed E-state index contributed by atoms with van der Waals surface area (Å²) in [5, 5.41) is 3.55. The molecule has 4 nitrogen and oxygen atoms in total. The van der Waals surface area contributed by atoms with Gasteiger partial charge in [-0.3, -0.25) is 0 Å². The minimum absolute atomic E-state index is 0.229. The predicted octanol–water partition coefficient (Wildman–Crippen LogP) is 8.29. The number of benzene rings is 4. The molecule has 2 heterocycles. The molecule has 0 saturated heterocycles. The van der Waals surface area contributed by atoms with Crippen molar-refractivity contribution in [1.29, 1.82) is 0 Å².